The van der Waals surface area contributed by atoms with E-state index in [0.29, 0.717) is 22.9 Å². The number of furan rings is 1. The van der Waals surface area contributed by atoms with E-state index < -0.39 is 22.0 Å². The van der Waals surface area contributed by atoms with Crippen molar-refractivity contribution >= 4 is 21.6 Å². The highest BCUT2D eigenvalue weighted by Crippen LogP contribution is 2.38. The van der Waals surface area contributed by atoms with Crippen molar-refractivity contribution in [1.82, 2.24) is 5.32 Å². The Bertz CT molecular complexity index is 1170. The summed E-state index contributed by atoms with van der Waals surface area (Å²) in [6.07, 6.45) is 0.498. The summed E-state index contributed by atoms with van der Waals surface area (Å²) >= 11 is 0. The van der Waals surface area contributed by atoms with Gasteiger partial charge in [-0.05, 0) is 61.0 Å². The summed E-state index contributed by atoms with van der Waals surface area (Å²) in [5, 5.41) is 2.73. The van der Waals surface area contributed by atoms with E-state index >= 15 is 0 Å². The van der Waals surface area contributed by atoms with Crippen molar-refractivity contribution in [2.24, 2.45) is 0 Å². The van der Waals surface area contributed by atoms with E-state index in [9.17, 15) is 13.2 Å². The third-order valence-corrected chi connectivity index (χ3v) is 6.74. The van der Waals surface area contributed by atoms with E-state index in [0.717, 1.165) is 5.56 Å². The third-order valence-electron chi connectivity index (χ3n) is 4.94. The van der Waals surface area contributed by atoms with E-state index in [1.807, 2.05) is 6.92 Å². The number of sulfonamides is 1. The van der Waals surface area contributed by atoms with Crippen molar-refractivity contribution in [3.8, 4) is 11.5 Å². The van der Waals surface area contributed by atoms with Crippen molar-refractivity contribution in [3.63, 3.8) is 0 Å². The summed E-state index contributed by atoms with van der Waals surface area (Å²) in [4.78, 5) is 12.9. The van der Waals surface area contributed by atoms with Gasteiger partial charge in [0.1, 0.15) is 17.3 Å². The number of carbonyl (C=O) groups is 1. The predicted molar refractivity (Wildman–Crippen MR) is 114 cm³/mol. The number of anilines is 1. The first-order chi connectivity index (χ1) is 14.9. The van der Waals surface area contributed by atoms with Crippen LogP contribution in [0.25, 0.3) is 0 Å². The summed E-state index contributed by atoms with van der Waals surface area (Å²) in [5.41, 5.74) is 1.27. The molecule has 9 heteroatoms. The normalized spacial score (nSPS) is 15.7. The molecule has 2 heterocycles. The second-order valence-electron chi connectivity index (χ2n) is 7.09. The van der Waals surface area contributed by atoms with Gasteiger partial charge < -0.3 is 19.2 Å². The fourth-order valence-corrected chi connectivity index (χ4v) is 4.78. The molecule has 1 unspecified atom stereocenters. The lowest BCUT2D eigenvalue weighted by atomic mass is 10.1. The van der Waals surface area contributed by atoms with Gasteiger partial charge in [0.15, 0.2) is 6.10 Å². The summed E-state index contributed by atoms with van der Waals surface area (Å²) < 4.78 is 44.3. The van der Waals surface area contributed by atoms with Crippen molar-refractivity contribution in [3.05, 3.63) is 72.2 Å². The molecule has 0 saturated carbocycles. The molecule has 162 valence electrons. The van der Waals surface area contributed by atoms with Crippen LogP contribution in [0.4, 0.5) is 5.69 Å². The largest absolute Gasteiger partial charge is 0.497 e. The monoisotopic (exact) mass is 442 g/mol. The third kappa shape index (κ3) is 4.22. The average Bonchev–Trinajstić information content (AvgIpc) is 3.30. The first-order valence-electron chi connectivity index (χ1n) is 9.62. The van der Waals surface area contributed by atoms with Crippen LogP contribution in [0.5, 0.6) is 11.5 Å². The topological polar surface area (TPSA) is 98.1 Å². The lowest BCUT2D eigenvalue weighted by molar-refractivity contribution is -0.128. The predicted octanol–water partition coefficient (Wildman–Crippen LogP) is 2.87. The molecule has 1 aliphatic heterocycles. The number of methoxy groups -OCH3 is 1. The molecule has 0 bridgehead atoms. The van der Waals surface area contributed by atoms with Crippen molar-refractivity contribution in [2.75, 3.05) is 18.0 Å². The molecule has 1 aromatic heterocycles. The zero-order valence-electron chi connectivity index (χ0n) is 17.1. The van der Waals surface area contributed by atoms with Gasteiger partial charge in [-0.2, -0.15) is 0 Å². The van der Waals surface area contributed by atoms with Crippen LogP contribution >= 0.6 is 0 Å². The molecule has 1 aliphatic rings. The molecular formula is C22H22N2O6S. The van der Waals surface area contributed by atoms with Crippen LogP contribution in [-0.2, 0) is 21.4 Å². The molecule has 0 aliphatic carbocycles. The number of hydrogen-bond donors (Lipinski definition) is 1. The number of benzene rings is 2. The number of nitrogens with zero attached hydrogens (tertiary/aromatic N) is 1. The summed E-state index contributed by atoms with van der Waals surface area (Å²) in [7, 11) is -2.43. The van der Waals surface area contributed by atoms with E-state index in [1.54, 1.807) is 42.5 Å². The zero-order chi connectivity index (χ0) is 22.0. The Morgan fingerprint density at radius 1 is 1.19 bits per heavy atom. The number of hydrogen-bond acceptors (Lipinski definition) is 6. The minimum absolute atomic E-state index is 0.0940. The molecular weight excluding hydrogens is 420 g/mol. The Kier molecular flexibility index (Phi) is 5.60. The van der Waals surface area contributed by atoms with Crippen LogP contribution < -0.4 is 19.1 Å². The maximum Gasteiger partial charge on any atom is 0.264 e. The molecule has 3 aromatic rings. The summed E-state index contributed by atoms with van der Waals surface area (Å²) in [5.74, 6) is 1.04. The van der Waals surface area contributed by atoms with Gasteiger partial charge in [0.2, 0.25) is 0 Å². The Labute approximate surface area is 180 Å². The van der Waals surface area contributed by atoms with E-state index in [4.69, 9.17) is 13.9 Å². The van der Waals surface area contributed by atoms with Gasteiger partial charge >= 0.3 is 0 Å². The van der Waals surface area contributed by atoms with Gasteiger partial charge in [-0.3, -0.25) is 9.10 Å². The Morgan fingerprint density at radius 3 is 2.65 bits per heavy atom. The fourth-order valence-electron chi connectivity index (χ4n) is 3.30. The molecule has 0 fully saturated rings. The van der Waals surface area contributed by atoms with Gasteiger partial charge in [-0.25, -0.2) is 8.42 Å². The maximum atomic E-state index is 13.4. The quantitative estimate of drug-likeness (QED) is 0.630. The first-order valence-corrected chi connectivity index (χ1v) is 11.1. The van der Waals surface area contributed by atoms with Crippen LogP contribution in [0.1, 0.15) is 11.3 Å². The zero-order valence-corrected chi connectivity index (χ0v) is 17.9. The lowest BCUT2D eigenvalue weighted by Crippen LogP contribution is -2.50. The highest BCUT2D eigenvalue weighted by atomic mass is 32.2. The van der Waals surface area contributed by atoms with Crippen LogP contribution in [0.3, 0.4) is 0 Å². The SMILES string of the molecule is COc1ccc(S(=O)(=O)N2CC(C(=O)NCc3ccco3)Oc3cc(C)ccc32)cc1. The second-order valence-corrected chi connectivity index (χ2v) is 8.95. The number of amides is 1. The molecule has 0 spiro atoms. The van der Waals surface area contributed by atoms with Crippen LogP contribution in [0.15, 0.2) is 70.2 Å². The first kappa shape index (κ1) is 20.8. The van der Waals surface area contributed by atoms with Crippen molar-refractivity contribution in [1.29, 1.82) is 0 Å². The smallest absolute Gasteiger partial charge is 0.264 e. The number of ether oxygens (including phenoxy) is 2. The molecule has 2 aromatic carbocycles. The van der Waals surface area contributed by atoms with Crippen LogP contribution in [0, 0.1) is 6.92 Å². The molecule has 1 atom stereocenters. The summed E-state index contributed by atoms with van der Waals surface area (Å²) in [6.45, 7) is 1.89. The maximum absolute atomic E-state index is 13.4. The minimum Gasteiger partial charge on any atom is -0.497 e. The number of fused-ring (bicyclic) bond motifs is 1. The highest BCUT2D eigenvalue weighted by Gasteiger charge is 2.37. The molecule has 1 amide bonds. The van der Waals surface area contributed by atoms with Crippen molar-refractivity contribution < 1.29 is 27.1 Å². The van der Waals surface area contributed by atoms with Gasteiger partial charge in [0, 0.05) is 0 Å². The number of carbonyl (C=O) groups excluding carboxylic acids is 1. The minimum atomic E-state index is -3.94. The van der Waals surface area contributed by atoms with Crippen molar-refractivity contribution in [2.45, 2.75) is 24.5 Å². The summed E-state index contributed by atoms with van der Waals surface area (Å²) in [6, 6.07) is 14.8. The molecule has 4 rings (SSSR count). The number of nitrogens with one attached hydrogen (secondary N) is 1. The fraction of sp³-hybridized carbons (Fsp3) is 0.227. The molecule has 0 radical (unpaired) electrons. The molecule has 31 heavy (non-hydrogen) atoms. The van der Waals surface area contributed by atoms with E-state index in [2.05, 4.69) is 5.32 Å². The van der Waals surface area contributed by atoms with E-state index in [-0.39, 0.29) is 18.0 Å². The Morgan fingerprint density at radius 2 is 1.97 bits per heavy atom. The number of rotatable bonds is 6. The van der Waals surface area contributed by atoms with Gasteiger partial charge in [-0.15, -0.1) is 0 Å². The average molecular weight is 442 g/mol. The number of aryl methyl sites for hydroxylation is 1. The van der Waals surface area contributed by atoms with Gasteiger partial charge in [0.05, 0.1) is 37.0 Å². The highest BCUT2D eigenvalue weighted by molar-refractivity contribution is 7.92. The lowest BCUT2D eigenvalue weighted by Gasteiger charge is -2.35. The van der Waals surface area contributed by atoms with Crippen LogP contribution in [0.2, 0.25) is 0 Å². The molecule has 1 N–H and O–H groups in total. The van der Waals surface area contributed by atoms with Gasteiger partial charge in [-0.1, -0.05) is 6.07 Å². The standard InChI is InChI=1S/C22H22N2O6S/c1-15-5-10-19-20(12-15)30-21(22(25)23-13-17-4-3-11-29-17)14-24(19)31(26,27)18-8-6-16(28-2)7-9-18/h3-12,21H,13-14H2,1-2H3,(H,23,25). The Balaban J connectivity index is 1.64. The molecule has 8 nitrogen and oxygen atoms in total. The van der Waals surface area contributed by atoms with Gasteiger partial charge in [0.25, 0.3) is 15.9 Å². The Hall–Kier alpha value is -3.46. The second kappa shape index (κ2) is 8.35. The molecule has 0 saturated heterocycles. The van der Waals surface area contributed by atoms with E-state index in [1.165, 1.54) is 29.8 Å². The van der Waals surface area contributed by atoms with Crippen LogP contribution in [-0.4, -0.2) is 34.1 Å².